The lowest BCUT2D eigenvalue weighted by Crippen LogP contribution is -2.29. The van der Waals surface area contributed by atoms with Gasteiger partial charge < -0.3 is 10.6 Å². The first-order chi connectivity index (χ1) is 18.4. The van der Waals surface area contributed by atoms with Crippen molar-refractivity contribution in [1.82, 2.24) is 9.78 Å². The van der Waals surface area contributed by atoms with Gasteiger partial charge >= 0.3 is 0 Å². The van der Waals surface area contributed by atoms with E-state index in [1.165, 1.54) is 12.1 Å². The summed E-state index contributed by atoms with van der Waals surface area (Å²) >= 11 is 0. The van der Waals surface area contributed by atoms with Crippen LogP contribution < -0.4 is 10.6 Å². The summed E-state index contributed by atoms with van der Waals surface area (Å²) in [7, 11) is 0. The monoisotopic (exact) mass is 507 g/mol. The van der Waals surface area contributed by atoms with Gasteiger partial charge in [-0.05, 0) is 54.1 Å². The van der Waals surface area contributed by atoms with Gasteiger partial charge in [0.05, 0.1) is 17.5 Å². The average molecular weight is 507 g/mol. The van der Waals surface area contributed by atoms with E-state index in [1.54, 1.807) is 53.2 Å². The lowest BCUT2D eigenvalue weighted by Gasteiger charge is -2.10. The molecule has 5 rings (SSSR count). The number of Topliss-reactive ketones (excluding diaryl/α,β-unsaturated/α-hetero) is 1. The van der Waals surface area contributed by atoms with Gasteiger partial charge in [0, 0.05) is 28.9 Å². The Bertz CT molecular complexity index is 1640. The quantitative estimate of drug-likeness (QED) is 0.149. The predicted octanol–water partition coefficient (Wildman–Crippen LogP) is 3.68. The largest absolute Gasteiger partial charge is 0.325 e. The Hall–Kier alpha value is -5.43. The third kappa shape index (κ3) is 4.44. The third-order valence-corrected chi connectivity index (χ3v) is 6.09. The number of hydrogen-bond acceptors (Lipinski definition) is 6. The molecule has 0 bridgehead atoms. The number of carbonyl (C=O) groups is 4. The molecule has 0 fully saturated rings. The summed E-state index contributed by atoms with van der Waals surface area (Å²) in [6.07, 6.45) is 0.473. The zero-order chi connectivity index (χ0) is 26.8. The highest BCUT2D eigenvalue weighted by Gasteiger charge is 2.36. The zero-order valence-corrected chi connectivity index (χ0v) is 19.6. The van der Waals surface area contributed by atoms with Gasteiger partial charge in [0.25, 0.3) is 5.91 Å². The number of para-hydroxylation sites is 1. The molecule has 4 aromatic rings. The van der Waals surface area contributed by atoms with Crippen LogP contribution in [0.2, 0.25) is 0 Å². The number of nitriles is 1. The lowest BCUT2D eigenvalue weighted by molar-refractivity contribution is -0.127. The van der Waals surface area contributed by atoms with Crippen molar-refractivity contribution in [3.63, 3.8) is 0 Å². The molecular formula is C28H18FN5O4. The van der Waals surface area contributed by atoms with Crippen molar-refractivity contribution in [1.29, 1.82) is 5.26 Å². The number of anilines is 2. The highest BCUT2D eigenvalue weighted by Crippen LogP contribution is 2.41. The van der Waals surface area contributed by atoms with E-state index in [0.717, 1.165) is 17.7 Å². The van der Waals surface area contributed by atoms with Gasteiger partial charge in [0.15, 0.2) is 5.92 Å². The molecule has 1 heterocycles. The Balaban J connectivity index is 1.56. The van der Waals surface area contributed by atoms with Gasteiger partial charge in [-0.15, -0.1) is 0 Å². The van der Waals surface area contributed by atoms with Crippen molar-refractivity contribution in [2.75, 3.05) is 10.6 Å². The number of rotatable bonds is 7. The molecule has 1 aliphatic rings. The van der Waals surface area contributed by atoms with E-state index in [9.17, 15) is 28.8 Å². The molecule has 1 aromatic heterocycles. The van der Waals surface area contributed by atoms with Crippen LogP contribution in [0.3, 0.4) is 0 Å². The fourth-order valence-electron chi connectivity index (χ4n) is 4.36. The lowest BCUT2D eigenvalue weighted by atomic mass is 9.98. The summed E-state index contributed by atoms with van der Waals surface area (Å²) in [4.78, 5) is 48.8. The maximum absolute atomic E-state index is 13.6. The molecule has 1 aliphatic carbocycles. The average Bonchev–Trinajstić information content (AvgIpc) is 3.48. The van der Waals surface area contributed by atoms with Crippen LogP contribution in [0.4, 0.5) is 15.8 Å². The Labute approximate surface area is 215 Å². The first kappa shape index (κ1) is 24.3. The summed E-state index contributed by atoms with van der Waals surface area (Å²) in [5.41, 5.74) is 3.86. The second-order valence-corrected chi connectivity index (χ2v) is 8.50. The van der Waals surface area contributed by atoms with Crippen molar-refractivity contribution in [2.24, 2.45) is 5.92 Å². The van der Waals surface area contributed by atoms with E-state index in [0.29, 0.717) is 34.6 Å². The minimum Gasteiger partial charge on any atom is -0.325 e. The minimum atomic E-state index is -1.70. The second kappa shape index (κ2) is 9.91. The smallest absolute Gasteiger partial charge is 0.288 e. The van der Waals surface area contributed by atoms with E-state index < -0.39 is 29.3 Å². The Morgan fingerprint density at radius 1 is 1.00 bits per heavy atom. The highest BCUT2D eigenvalue weighted by molar-refractivity contribution is 6.29. The number of nitrogens with zero attached hydrogens (tertiary/aromatic N) is 3. The second-order valence-electron chi connectivity index (χ2n) is 8.50. The van der Waals surface area contributed by atoms with Gasteiger partial charge in [-0.3, -0.25) is 19.2 Å². The van der Waals surface area contributed by atoms with Crippen LogP contribution in [0.5, 0.6) is 0 Å². The van der Waals surface area contributed by atoms with E-state index in [2.05, 4.69) is 15.7 Å². The molecule has 186 valence electrons. The molecular weight excluding hydrogens is 489 g/mol. The van der Waals surface area contributed by atoms with Crippen LogP contribution in [0.15, 0.2) is 72.8 Å². The van der Waals surface area contributed by atoms with Gasteiger partial charge in [0.1, 0.15) is 11.5 Å². The Morgan fingerprint density at radius 3 is 2.39 bits per heavy atom. The summed E-state index contributed by atoms with van der Waals surface area (Å²) in [6, 6.07) is 20.8. The number of halogens is 1. The number of aldehydes is 1. The summed E-state index contributed by atoms with van der Waals surface area (Å²) in [5, 5.41) is 19.2. The van der Waals surface area contributed by atoms with E-state index in [4.69, 9.17) is 0 Å². The first-order valence-corrected chi connectivity index (χ1v) is 11.5. The Morgan fingerprint density at radius 2 is 1.71 bits per heavy atom. The number of benzene rings is 3. The third-order valence-electron chi connectivity index (χ3n) is 6.09. The molecule has 1 unspecified atom stereocenters. The van der Waals surface area contributed by atoms with Crippen LogP contribution >= 0.6 is 0 Å². The number of aromatic nitrogens is 2. The van der Waals surface area contributed by atoms with E-state index >= 15 is 0 Å². The van der Waals surface area contributed by atoms with Gasteiger partial charge in [-0.1, -0.05) is 24.3 Å². The summed E-state index contributed by atoms with van der Waals surface area (Å²) in [5.74, 6) is -4.64. The summed E-state index contributed by atoms with van der Waals surface area (Å²) < 4.78 is 14.8. The van der Waals surface area contributed by atoms with Crippen molar-refractivity contribution < 1.29 is 23.6 Å². The van der Waals surface area contributed by atoms with E-state index in [-0.39, 0.29) is 17.7 Å². The molecule has 2 N–H and O–H groups in total. The molecule has 38 heavy (non-hydrogen) atoms. The number of ketones is 1. The predicted molar refractivity (Wildman–Crippen MR) is 135 cm³/mol. The SMILES string of the molecule is N#CC(C(=O)Nc1ccc(F)cc1)C(=O)c1nn(-c2ccccc2)c2c1Cc1ccc(NC(=O)C=O)cc1-2. The highest BCUT2D eigenvalue weighted by atomic mass is 19.1. The molecule has 0 aliphatic heterocycles. The Kier molecular flexibility index (Phi) is 6.33. The topological polar surface area (TPSA) is 134 Å². The van der Waals surface area contributed by atoms with Crippen LogP contribution in [0, 0.1) is 23.1 Å². The van der Waals surface area contributed by atoms with Crippen molar-refractivity contribution in [2.45, 2.75) is 6.42 Å². The van der Waals surface area contributed by atoms with Crippen molar-refractivity contribution in [3.8, 4) is 23.0 Å². The summed E-state index contributed by atoms with van der Waals surface area (Å²) in [6.45, 7) is 0. The fraction of sp³-hybridized carbons (Fsp3) is 0.0714. The number of nitrogens with one attached hydrogen (secondary N) is 2. The number of amides is 2. The van der Waals surface area contributed by atoms with Gasteiger partial charge in [0.2, 0.25) is 18.0 Å². The molecule has 0 saturated carbocycles. The maximum atomic E-state index is 13.6. The van der Waals surface area contributed by atoms with E-state index in [1.807, 2.05) is 6.07 Å². The molecule has 3 aromatic carbocycles. The first-order valence-electron chi connectivity index (χ1n) is 11.5. The molecule has 9 nitrogen and oxygen atoms in total. The molecule has 1 atom stereocenters. The number of hydrogen-bond donors (Lipinski definition) is 2. The van der Waals surface area contributed by atoms with Crippen LogP contribution in [-0.4, -0.2) is 33.7 Å². The van der Waals surface area contributed by atoms with Crippen molar-refractivity contribution >= 4 is 35.3 Å². The normalized spacial score (nSPS) is 12.0. The zero-order valence-electron chi connectivity index (χ0n) is 19.6. The number of fused-ring (bicyclic) bond motifs is 3. The van der Waals surface area contributed by atoms with Gasteiger partial charge in [-0.2, -0.15) is 10.4 Å². The molecule has 0 spiro atoms. The van der Waals surface area contributed by atoms with Crippen molar-refractivity contribution in [3.05, 3.63) is 95.4 Å². The van der Waals surface area contributed by atoms with Crippen LogP contribution in [0.25, 0.3) is 16.9 Å². The molecule has 0 saturated heterocycles. The minimum absolute atomic E-state index is 0.0284. The fourth-order valence-corrected chi connectivity index (χ4v) is 4.36. The molecule has 2 amide bonds. The number of carbonyl (C=O) groups excluding carboxylic acids is 4. The van der Waals surface area contributed by atoms with Crippen LogP contribution in [-0.2, 0) is 20.8 Å². The van der Waals surface area contributed by atoms with Crippen LogP contribution in [0.1, 0.15) is 21.6 Å². The maximum Gasteiger partial charge on any atom is 0.288 e. The molecule has 10 heteroatoms. The molecule has 0 radical (unpaired) electrons. The van der Waals surface area contributed by atoms with Gasteiger partial charge in [-0.25, -0.2) is 9.07 Å². The standard InChI is InChI=1S/C28H18FN5O4/c29-17-7-10-18(11-8-17)32-28(38)23(14-30)27(37)25-22-12-16-6-9-19(31-24(36)15-35)13-21(16)26(22)34(33-25)20-4-2-1-3-5-20/h1-11,13,15,23H,12H2,(H,31,36)(H,32,38).